The molecule has 0 aliphatic carbocycles. The standard InChI is InChI=1S/C13H16N4O2/c1-8(14)12-10(4-3-5-11(12)19-2)17-7-9(6-16-17)13(15)18/h3-8H,14H2,1-2H3,(H2,15,18)/t8-/m1/s1. The van der Waals surface area contributed by atoms with Crippen molar-refractivity contribution in [3.63, 3.8) is 0 Å². The Kier molecular flexibility index (Phi) is 3.52. The second-order valence-corrected chi connectivity index (χ2v) is 4.22. The maximum Gasteiger partial charge on any atom is 0.251 e. The fourth-order valence-corrected chi connectivity index (χ4v) is 1.95. The van der Waals surface area contributed by atoms with Crippen molar-refractivity contribution in [1.29, 1.82) is 0 Å². The van der Waals surface area contributed by atoms with Crippen LogP contribution in [0.2, 0.25) is 0 Å². The molecule has 0 fully saturated rings. The first kappa shape index (κ1) is 13.1. The van der Waals surface area contributed by atoms with E-state index in [9.17, 15) is 4.79 Å². The molecule has 2 aromatic rings. The van der Waals surface area contributed by atoms with E-state index in [0.717, 1.165) is 11.3 Å². The van der Waals surface area contributed by atoms with Crippen molar-refractivity contribution >= 4 is 5.91 Å². The zero-order valence-electron chi connectivity index (χ0n) is 10.8. The second-order valence-electron chi connectivity index (χ2n) is 4.22. The number of carbonyl (C=O) groups is 1. The predicted octanol–water partition coefficient (Wildman–Crippen LogP) is 1.000. The van der Waals surface area contributed by atoms with E-state index in [0.29, 0.717) is 11.3 Å². The van der Waals surface area contributed by atoms with Crippen molar-refractivity contribution in [2.75, 3.05) is 7.11 Å². The van der Waals surface area contributed by atoms with Crippen LogP contribution in [0.4, 0.5) is 0 Å². The van der Waals surface area contributed by atoms with Gasteiger partial charge in [-0.2, -0.15) is 5.10 Å². The van der Waals surface area contributed by atoms with Crippen molar-refractivity contribution in [3.8, 4) is 11.4 Å². The molecule has 6 heteroatoms. The second kappa shape index (κ2) is 5.11. The Bertz CT molecular complexity index is 604. The monoisotopic (exact) mass is 260 g/mol. The Hall–Kier alpha value is -2.34. The predicted molar refractivity (Wildman–Crippen MR) is 71.2 cm³/mol. The maximum absolute atomic E-state index is 11.1. The summed E-state index contributed by atoms with van der Waals surface area (Å²) in [6.07, 6.45) is 3.00. The van der Waals surface area contributed by atoms with Crippen LogP contribution in [-0.4, -0.2) is 22.8 Å². The van der Waals surface area contributed by atoms with Crippen LogP contribution in [0.5, 0.6) is 5.75 Å². The summed E-state index contributed by atoms with van der Waals surface area (Å²) in [5.74, 6) is 0.167. The number of methoxy groups -OCH3 is 1. The minimum atomic E-state index is -0.517. The highest BCUT2D eigenvalue weighted by molar-refractivity contribution is 5.92. The summed E-state index contributed by atoms with van der Waals surface area (Å²) in [5, 5.41) is 4.13. The zero-order valence-corrected chi connectivity index (χ0v) is 10.8. The molecule has 1 amide bonds. The van der Waals surface area contributed by atoms with E-state index in [1.807, 2.05) is 25.1 Å². The molecular formula is C13H16N4O2. The average molecular weight is 260 g/mol. The summed E-state index contributed by atoms with van der Waals surface area (Å²) in [4.78, 5) is 11.1. The summed E-state index contributed by atoms with van der Waals surface area (Å²) in [6.45, 7) is 1.86. The lowest BCUT2D eigenvalue weighted by Crippen LogP contribution is -2.12. The highest BCUT2D eigenvalue weighted by atomic mass is 16.5. The first-order valence-corrected chi connectivity index (χ1v) is 5.82. The van der Waals surface area contributed by atoms with E-state index in [1.165, 1.54) is 6.20 Å². The maximum atomic E-state index is 11.1. The number of rotatable bonds is 4. The van der Waals surface area contributed by atoms with Crippen LogP contribution in [0.25, 0.3) is 5.69 Å². The molecule has 0 aliphatic heterocycles. The molecule has 2 rings (SSSR count). The molecule has 19 heavy (non-hydrogen) atoms. The van der Waals surface area contributed by atoms with Gasteiger partial charge in [-0.15, -0.1) is 0 Å². The van der Waals surface area contributed by atoms with Gasteiger partial charge in [0.15, 0.2) is 0 Å². The summed E-state index contributed by atoms with van der Waals surface area (Å²) >= 11 is 0. The SMILES string of the molecule is COc1cccc(-n2cc(C(N)=O)cn2)c1[C@@H](C)N. The van der Waals surface area contributed by atoms with Gasteiger partial charge in [-0.05, 0) is 19.1 Å². The van der Waals surface area contributed by atoms with Crippen LogP contribution in [0.1, 0.15) is 28.9 Å². The molecule has 0 saturated heterocycles. The fraction of sp³-hybridized carbons (Fsp3) is 0.231. The molecule has 6 nitrogen and oxygen atoms in total. The first-order chi connectivity index (χ1) is 9.04. The largest absolute Gasteiger partial charge is 0.496 e. The molecule has 1 atom stereocenters. The van der Waals surface area contributed by atoms with Gasteiger partial charge in [0.1, 0.15) is 5.75 Å². The number of hydrogen-bond acceptors (Lipinski definition) is 4. The van der Waals surface area contributed by atoms with Gasteiger partial charge < -0.3 is 16.2 Å². The van der Waals surface area contributed by atoms with Gasteiger partial charge in [-0.25, -0.2) is 4.68 Å². The minimum absolute atomic E-state index is 0.229. The number of ether oxygens (including phenoxy) is 1. The van der Waals surface area contributed by atoms with Crippen molar-refractivity contribution in [2.45, 2.75) is 13.0 Å². The number of primary amides is 1. The molecule has 1 aromatic heterocycles. The van der Waals surface area contributed by atoms with Gasteiger partial charge in [-0.3, -0.25) is 4.79 Å². The Morgan fingerprint density at radius 3 is 2.74 bits per heavy atom. The van der Waals surface area contributed by atoms with E-state index >= 15 is 0 Å². The van der Waals surface area contributed by atoms with Crippen LogP contribution in [0, 0.1) is 0 Å². The number of carbonyl (C=O) groups excluding carboxylic acids is 1. The quantitative estimate of drug-likeness (QED) is 0.857. The Labute approximate surface area is 111 Å². The van der Waals surface area contributed by atoms with Gasteiger partial charge in [0.05, 0.1) is 24.6 Å². The van der Waals surface area contributed by atoms with Crippen LogP contribution in [-0.2, 0) is 0 Å². The van der Waals surface area contributed by atoms with Crippen LogP contribution in [0.15, 0.2) is 30.6 Å². The third-order valence-corrected chi connectivity index (χ3v) is 2.83. The van der Waals surface area contributed by atoms with Crippen LogP contribution >= 0.6 is 0 Å². The Balaban J connectivity index is 2.57. The molecular weight excluding hydrogens is 244 g/mol. The van der Waals surface area contributed by atoms with Gasteiger partial charge in [0.2, 0.25) is 0 Å². The van der Waals surface area contributed by atoms with Crippen LogP contribution < -0.4 is 16.2 Å². The Morgan fingerprint density at radius 1 is 1.47 bits per heavy atom. The van der Waals surface area contributed by atoms with Gasteiger partial charge in [-0.1, -0.05) is 6.07 Å². The van der Waals surface area contributed by atoms with Crippen molar-refractivity contribution < 1.29 is 9.53 Å². The van der Waals surface area contributed by atoms with E-state index < -0.39 is 5.91 Å². The topological polar surface area (TPSA) is 96.2 Å². The Morgan fingerprint density at radius 2 is 2.21 bits per heavy atom. The van der Waals surface area contributed by atoms with E-state index in [-0.39, 0.29) is 6.04 Å². The lowest BCUT2D eigenvalue weighted by Gasteiger charge is -2.16. The van der Waals surface area contributed by atoms with E-state index in [2.05, 4.69) is 5.10 Å². The van der Waals surface area contributed by atoms with Crippen LogP contribution in [0.3, 0.4) is 0 Å². The molecule has 4 N–H and O–H groups in total. The molecule has 0 radical (unpaired) electrons. The molecule has 0 spiro atoms. The molecule has 0 aliphatic rings. The third kappa shape index (κ3) is 2.43. The van der Waals surface area contributed by atoms with Gasteiger partial charge in [0.25, 0.3) is 5.91 Å². The molecule has 1 aromatic carbocycles. The number of nitrogens with two attached hydrogens (primary N) is 2. The molecule has 0 unspecified atom stereocenters. The zero-order chi connectivity index (χ0) is 14.0. The molecule has 100 valence electrons. The average Bonchev–Trinajstić information content (AvgIpc) is 2.87. The van der Waals surface area contributed by atoms with E-state index in [1.54, 1.807) is 18.0 Å². The summed E-state index contributed by atoms with van der Waals surface area (Å²) in [6, 6.07) is 5.30. The third-order valence-electron chi connectivity index (χ3n) is 2.83. The van der Waals surface area contributed by atoms with E-state index in [4.69, 9.17) is 16.2 Å². The highest BCUT2D eigenvalue weighted by Gasteiger charge is 2.16. The molecule has 0 bridgehead atoms. The lowest BCUT2D eigenvalue weighted by atomic mass is 10.1. The summed E-state index contributed by atoms with van der Waals surface area (Å²) < 4.78 is 6.88. The van der Waals surface area contributed by atoms with Crippen molar-refractivity contribution in [1.82, 2.24) is 9.78 Å². The summed E-state index contributed by atoms with van der Waals surface area (Å²) in [7, 11) is 1.59. The number of hydrogen-bond donors (Lipinski definition) is 2. The van der Waals surface area contributed by atoms with Gasteiger partial charge >= 0.3 is 0 Å². The first-order valence-electron chi connectivity index (χ1n) is 5.82. The number of nitrogens with zero attached hydrogens (tertiary/aromatic N) is 2. The highest BCUT2D eigenvalue weighted by Crippen LogP contribution is 2.29. The van der Waals surface area contributed by atoms with Crippen molar-refractivity contribution in [3.05, 3.63) is 41.7 Å². The molecule has 1 heterocycles. The van der Waals surface area contributed by atoms with Gasteiger partial charge in [0, 0.05) is 17.8 Å². The summed E-state index contributed by atoms with van der Waals surface area (Å²) in [5.41, 5.74) is 13.1. The lowest BCUT2D eigenvalue weighted by molar-refractivity contribution is 0.100. The van der Waals surface area contributed by atoms with Crippen molar-refractivity contribution in [2.24, 2.45) is 11.5 Å². The normalized spacial score (nSPS) is 12.2. The number of aromatic nitrogens is 2. The minimum Gasteiger partial charge on any atom is -0.496 e. The molecule has 0 saturated carbocycles. The number of benzene rings is 1. The fourth-order valence-electron chi connectivity index (χ4n) is 1.95. The smallest absolute Gasteiger partial charge is 0.251 e. The number of amides is 1.